The summed E-state index contributed by atoms with van der Waals surface area (Å²) in [6.07, 6.45) is 7.26. The zero-order chi connectivity index (χ0) is 15.3. The Morgan fingerprint density at radius 3 is 2.10 bits per heavy atom. The number of rotatable bonds is 2. The molecule has 2 bridgehead atoms. The summed E-state index contributed by atoms with van der Waals surface area (Å²) < 4.78 is 0. The first-order chi connectivity index (χ1) is 9.89. The molecule has 3 nitrogen and oxygen atoms in total. The van der Waals surface area contributed by atoms with Gasteiger partial charge in [0.2, 0.25) is 5.91 Å². The number of hydrogen-bond acceptors (Lipinski definition) is 2. The number of fused-ring (bicyclic) bond motifs is 3. The Labute approximate surface area is 130 Å². The van der Waals surface area contributed by atoms with Gasteiger partial charge in [-0.3, -0.25) is 4.79 Å². The Kier molecular flexibility index (Phi) is 3.84. The number of amides is 1. The molecule has 120 valence electrons. The third kappa shape index (κ3) is 2.42. The number of carbonyl (C=O) groups is 1. The predicted molar refractivity (Wildman–Crippen MR) is 86.1 cm³/mol. The van der Waals surface area contributed by atoms with E-state index in [4.69, 9.17) is 0 Å². The smallest absolute Gasteiger partial charge is 0.228 e. The van der Waals surface area contributed by atoms with E-state index in [0.717, 1.165) is 44.8 Å². The highest BCUT2D eigenvalue weighted by Crippen LogP contribution is 2.60. The second-order valence-electron chi connectivity index (χ2n) is 8.38. The molecule has 0 aromatic rings. The minimum atomic E-state index is 0.00622. The average Bonchev–Trinajstić information content (AvgIpc) is 2.51. The minimum absolute atomic E-state index is 0.00622. The molecular weight excluding hydrogens is 260 g/mol. The summed E-state index contributed by atoms with van der Waals surface area (Å²) in [7, 11) is 2.17. The Morgan fingerprint density at radius 2 is 1.62 bits per heavy atom. The molecule has 1 aliphatic heterocycles. The summed E-state index contributed by atoms with van der Waals surface area (Å²) in [5.74, 6) is 1.26. The van der Waals surface area contributed by atoms with E-state index in [-0.39, 0.29) is 5.41 Å². The second-order valence-corrected chi connectivity index (χ2v) is 8.38. The third-order valence-corrected chi connectivity index (χ3v) is 7.23. The van der Waals surface area contributed by atoms with Crippen molar-refractivity contribution in [1.29, 1.82) is 0 Å². The Hall–Kier alpha value is -0.570. The maximum absolute atomic E-state index is 13.2. The molecule has 4 fully saturated rings. The van der Waals surface area contributed by atoms with Gasteiger partial charge >= 0.3 is 0 Å². The molecule has 4 aliphatic rings. The van der Waals surface area contributed by atoms with E-state index < -0.39 is 0 Å². The van der Waals surface area contributed by atoms with Crippen LogP contribution in [0.4, 0.5) is 0 Å². The zero-order valence-corrected chi connectivity index (χ0v) is 14.3. The average molecular weight is 292 g/mol. The number of nitrogens with zero attached hydrogens (tertiary/aromatic N) is 2. The van der Waals surface area contributed by atoms with Crippen LogP contribution < -0.4 is 0 Å². The predicted octanol–water partition coefficient (Wildman–Crippen LogP) is 3.15. The van der Waals surface area contributed by atoms with Gasteiger partial charge in [-0.25, -0.2) is 0 Å². The SMILES string of the molecule is CC1CN(C(=O)C23CCC(C(C)C)(CC2)CC3)CCN1C. The van der Waals surface area contributed by atoms with Crippen LogP contribution in [0.25, 0.3) is 0 Å². The molecular formula is C18H32N2O. The molecule has 0 N–H and O–H groups in total. The topological polar surface area (TPSA) is 23.6 Å². The van der Waals surface area contributed by atoms with E-state index in [2.05, 4.69) is 37.6 Å². The zero-order valence-electron chi connectivity index (χ0n) is 14.3. The van der Waals surface area contributed by atoms with Gasteiger partial charge in [0.1, 0.15) is 0 Å². The number of carbonyl (C=O) groups excluding carboxylic acids is 1. The Balaban J connectivity index is 1.69. The monoisotopic (exact) mass is 292 g/mol. The fourth-order valence-corrected chi connectivity index (χ4v) is 4.97. The molecule has 1 saturated heterocycles. The standard InChI is InChI=1S/C18H32N2O/c1-14(2)17-5-8-18(9-6-17,10-7-17)16(21)20-12-11-19(4)15(3)13-20/h14-15H,5-13H2,1-4H3. The van der Waals surface area contributed by atoms with Gasteiger partial charge in [0, 0.05) is 31.1 Å². The van der Waals surface area contributed by atoms with Crippen molar-refractivity contribution >= 4 is 5.91 Å². The molecule has 21 heavy (non-hydrogen) atoms. The maximum atomic E-state index is 13.2. The lowest BCUT2D eigenvalue weighted by molar-refractivity contribution is -0.156. The van der Waals surface area contributed by atoms with Gasteiger partial charge in [-0.1, -0.05) is 13.8 Å². The summed E-state index contributed by atoms with van der Waals surface area (Å²) in [6, 6.07) is 0.501. The molecule has 1 unspecified atom stereocenters. The summed E-state index contributed by atoms with van der Waals surface area (Å²) in [4.78, 5) is 17.7. The molecule has 4 rings (SSSR count). The van der Waals surface area contributed by atoms with E-state index >= 15 is 0 Å². The third-order valence-electron chi connectivity index (χ3n) is 7.23. The van der Waals surface area contributed by atoms with Crippen LogP contribution in [0.1, 0.15) is 59.3 Å². The van der Waals surface area contributed by atoms with Gasteiger partial charge in [-0.15, -0.1) is 0 Å². The first-order valence-corrected chi connectivity index (χ1v) is 8.88. The number of hydrogen-bond donors (Lipinski definition) is 0. The Morgan fingerprint density at radius 1 is 1.05 bits per heavy atom. The van der Waals surface area contributed by atoms with Crippen LogP contribution in [0.3, 0.4) is 0 Å². The lowest BCUT2D eigenvalue weighted by atomic mass is 9.50. The maximum Gasteiger partial charge on any atom is 0.228 e. The first kappa shape index (κ1) is 15.3. The highest BCUT2D eigenvalue weighted by Gasteiger charge is 2.54. The summed E-state index contributed by atoms with van der Waals surface area (Å²) in [5.41, 5.74) is 0.559. The van der Waals surface area contributed by atoms with Crippen molar-refractivity contribution < 1.29 is 4.79 Å². The molecule has 0 radical (unpaired) electrons. The molecule has 3 saturated carbocycles. The quantitative estimate of drug-likeness (QED) is 0.780. The fraction of sp³-hybridized carbons (Fsp3) is 0.944. The molecule has 1 heterocycles. The van der Waals surface area contributed by atoms with Crippen molar-refractivity contribution in [3.05, 3.63) is 0 Å². The van der Waals surface area contributed by atoms with E-state index in [1.54, 1.807) is 0 Å². The van der Waals surface area contributed by atoms with Crippen molar-refractivity contribution in [3.8, 4) is 0 Å². The normalized spacial score (nSPS) is 40.8. The molecule has 3 aliphatic carbocycles. The van der Waals surface area contributed by atoms with Crippen molar-refractivity contribution in [2.24, 2.45) is 16.7 Å². The molecule has 0 spiro atoms. The second kappa shape index (κ2) is 5.26. The summed E-state index contributed by atoms with van der Waals surface area (Å²) in [6.45, 7) is 9.87. The molecule has 3 heteroatoms. The van der Waals surface area contributed by atoms with Crippen LogP contribution in [0.2, 0.25) is 0 Å². The number of likely N-dealkylation sites (N-methyl/N-ethyl adjacent to an activating group) is 1. The van der Waals surface area contributed by atoms with Crippen molar-refractivity contribution in [3.63, 3.8) is 0 Å². The van der Waals surface area contributed by atoms with Gasteiger partial charge in [-0.2, -0.15) is 0 Å². The van der Waals surface area contributed by atoms with Gasteiger partial charge in [0.05, 0.1) is 0 Å². The summed E-state index contributed by atoms with van der Waals surface area (Å²) in [5, 5.41) is 0. The first-order valence-electron chi connectivity index (χ1n) is 8.88. The van der Waals surface area contributed by atoms with Gasteiger partial charge in [0.15, 0.2) is 0 Å². The lowest BCUT2D eigenvalue weighted by Crippen LogP contribution is -2.58. The van der Waals surface area contributed by atoms with Gasteiger partial charge < -0.3 is 9.80 Å². The van der Waals surface area contributed by atoms with E-state index in [9.17, 15) is 4.79 Å². The van der Waals surface area contributed by atoms with E-state index in [0.29, 0.717) is 17.4 Å². The van der Waals surface area contributed by atoms with Crippen LogP contribution in [0.5, 0.6) is 0 Å². The van der Waals surface area contributed by atoms with E-state index in [1.165, 1.54) is 19.3 Å². The van der Waals surface area contributed by atoms with Crippen LogP contribution in [0.15, 0.2) is 0 Å². The van der Waals surface area contributed by atoms with Crippen LogP contribution >= 0.6 is 0 Å². The van der Waals surface area contributed by atoms with Crippen molar-refractivity contribution in [2.45, 2.75) is 65.3 Å². The molecule has 1 amide bonds. The van der Waals surface area contributed by atoms with Gasteiger partial charge in [-0.05, 0) is 63.8 Å². The number of piperazine rings is 1. The van der Waals surface area contributed by atoms with Crippen LogP contribution in [-0.2, 0) is 4.79 Å². The highest BCUT2D eigenvalue weighted by molar-refractivity contribution is 5.83. The molecule has 1 atom stereocenters. The van der Waals surface area contributed by atoms with Crippen LogP contribution in [0, 0.1) is 16.7 Å². The Bertz CT molecular complexity index is 393. The van der Waals surface area contributed by atoms with Gasteiger partial charge in [0.25, 0.3) is 0 Å². The lowest BCUT2D eigenvalue weighted by Gasteiger charge is -2.56. The van der Waals surface area contributed by atoms with Crippen molar-refractivity contribution in [1.82, 2.24) is 9.80 Å². The fourth-order valence-electron chi connectivity index (χ4n) is 4.97. The highest BCUT2D eigenvalue weighted by atomic mass is 16.2. The van der Waals surface area contributed by atoms with Crippen LogP contribution in [-0.4, -0.2) is 48.4 Å². The van der Waals surface area contributed by atoms with Crippen molar-refractivity contribution in [2.75, 3.05) is 26.7 Å². The summed E-state index contributed by atoms with van der Waals surface area (Å²) >= 11 is 0. The van der Waals surface area contributed by atoms with E-state index in [1.807, 2.05) is 0 Å². The minimum Gasteiger partial charge on any atom is -0.339 e. The largest absolute Gasteiger partial charge is 0.339 e. The molecule has 0 aromatic heterocycles. The molecule has 0 aromatic carbocycles.